The van der Waals surface area contributed by atoms with Crippen molar-refractivity contribution in [1.82, 2.24) is 0 Å². The summed E-state index contributed by atoms with van der Waals surface area (Å²) < 4.78 is 22.5. The molecule has 0 radical (unpaired) electrons. The third-order valence-corrected chi connectivity index (χ3v) is 6.34. The largest absolute Gasteiger partial charge is 0.507 e. The van der Waals surface area contributed by atoms with E-state index < -0.39 is 54.2 Å². The van der Waals surface area contributed by atoms with E-state index in [0.29, 0.717) is 11.3 Å². The molecule has 2 heterocycles. The van der Waals surface area contributed by atoms with Crippen LogP contribution in [-0.4, -0.2) is 75.1 Å². The van der Waals surface area contributed by atoms with Crippen LogP contribution in [0.3, 0.4) is 0 Å². The first-order valence-corrected chi connectivity index (χ1v) is 11.9. The second-order valence-corrected chi connectivity index (χ2v) is 9.21. The van der Waals surface area contributed by atoms with E-state index in [1.165, 1.54) is 7.11 Å². The molecule has 1 aliphatic rings. The maximum atomic E-state index is 13.2. The number of benzene rings is 2. The predicted molar refractivity (Wildman–Crippen MR) is 135 cm³/mol. The van der Waals surface area contributed by atoms with Gasteiger partial charge in [0.2, 0.25) is 17.5 Å². The fourth-order valence-corrected chi connectivity index (χ4v) is 4.20. The van der Waals surface area contributed by atoms with Crippen LogP contribution in [0.25, 0.3) is 22.3 Å². The highest BCUT2D eigenvalue weighted by molar-refractivity contribution is 5.91. The molecule has 0 amide bonds. The fraction of sp³-hybridized carbons (Fsp3) is 0.370. The van der Waals surface area contributed by atoms with Crippen molar-refractivity contribution in [3.05, 3.63) is 57.8 Å². The first-order valence-electron chi connectivity index (χ1n) is 11.9. The standard InChI is InChI=1S/C27H30O11/c1-12(2)4-9-15-17(36-27-24(34)22(32)20(30)18(11-28)37-27)10-16(29)19-21(31)23(33)25(38-26(15)19)13-5-7-14(35-3)8-6-13/h4-8,10,18,20,22,24,27-30,32-34H,9,11H2,1-3H3/t18-,20-,22+,24-,27-/m0/s1. The quantitative estimate of drug-likeness (QED) is 0.244. The van der Waals surface area contributed by atoms with E-state index in [1.807, 2.05) is 19.9 Å². The first kappa shape index (κ1) is 27.4. The number of hydrogen-bond acceptors (Lipinski definition) is 11. The van der Waals surface area contributed by atoms with E-state index in [1.54, 1.807) is 24.3 Å². The Bertz CT molecular complexity index is 1390. The number of aliphatic hydroxyl groups is 4. The molecule has 1 aromatic heterocycles. The minimum Gasteiger partial charge on any atom is -0.507 e. The average molecular weight is 531 g/mol. The number of allylic oxidation sites excluding steroid dienone is 2. The maximum Gasteiger partial charge on any atom is 0.238 e. The van der Waals surface area contributed by atoms with Crippen LogP contribution in [0.2, 0.25) is 0 Å². The van der Waals surface area contributed by atoms with Crippen LogP contribution in [0.5, 0.6) is 23.0 Å². The van der Waals surface area contributed by atoms with Gasteiger partial charge in [-0.15, -0.1) is 0 Å². The molecule has 11 heteroatoms. The molecular weight excluding hydrogens is 500 g/mol. The van der Waals surface area contributed by atoms with Gasteiger partial charge < -0.3 is 49.3 Å². The summed E-state index contributed by atoms with van der Waals surface area (Å²) in [5, 5.41) is 61.3. The van der Waals surface area contributed by atoms with Gasteiger partial charge in [0.1, 0.15) is 52.6 Å². The van der Waals surface area contributed by atoms with Gasteiger partial charge in [-0.1, -0.05) is 11.6 Å². The van der Waals surface area contributed by atoms with Gasteiger partial charge in [0, 0.05) is 17.2 Å². The second kappa shape index (κ2) is 11.0. The lowest BCUT2D eigenvalue weighted by atomic mass is 9.99. The van der Waals surface area contributed by atoms with Gasteiger partial charge in [-0.05, 0) is 44.5 Å². The number of methoxy groups -OCH3 is 1. The molecule has 0 bridgehead atoms. The van der Waals surface area contributed by atoms with E-state index in [4.69, 9.17) is 18.6 Å². The lowest BCUT2D eigenvalue weighted by Crippen LogP contribution is -2.60. The molecule has 2 aromatic carbocycles. The highest BCUT2D eigenvalue weighted by Gasteiger charge is 2.45. The summed E-state index contributed by atoms with van der Waals surface area (Å²) in [5.74, 6) is -0.910. The molecule has 0 unspecified atom stereocenters. The van der Waals surface area contributed by atoms with Crippen LogP contribution in [0.4, 0.5) is 0 Å². The number of phenolic OH excluding ortho intramolecular Hbond substituents is 1. The summed E-state index contributed by atoms with van der Waals surface area (Å²) >= 11 is 0. The number of aromatic hydroxyl groups is 2. The Balaban J connectivity index is 1.90. The highest BCUT2D eigenvalue weighted by Crippen LogP contribution is 2.40. The molecule has 5 atom stereocenters. The van der Waals surface area contributed by atoms with Crippen molar-refractivity contribution < 1.29 is 49.3 Å². The predicted octanol–water partition coefficient (Wildman–Crippen LogP) is 1.57. The molecule has 0 aliphatic carbocycles. The minimum atomic E-state index is -1.70. The molecule has 3 aromatic rings. The van der Waals surface area contributed by atoms with Crippen molar-refractivity contribution in [2.24, 2.45) is 0 Å². The van der Waals surface area contributed by atoms with E-state index in [0.717, 1.165) is 11.6 Å². The normalized spacial score (nSPS) is 23.3. The summed E-state index contributed by atoms with van der Waals surface area (Å²) in [4.78, 5) is 13.2. The van der Waals surface area contributed by atoms with Gasteiger partial charge in [0.25, 0.3) is 0 Å². The van der Waals surface area contributed by atoms with Crippen LogP contribution in [-0.2, 0) is 11.2 Å². The van der Waals surface area contributed by atoms with Crippen LogP contribution < -0.4 is 14.9 Å². The summed E-state index contributed by atoms with van der Waals surface area (Å²) in [6.07, 6.45) is -5.77. The van der Waals surface area contributed by atoms with E-state index in [9.17, 15) is 35.4 Å². The van der Waals surface area contributed by atoms with Crippen molar-refractivity contribution in [2.75, 3.05) is 13.7 Å². The van der Waals surface area contributed by atoms with E-state index >= 15 is 0 Å². The van der Waals surface area contributed by atoms with Gasteiger partial charge in [0.05, 0.1) is 13.7 Å². The zero-order valence-electron chi connectivity index (χ0n) is 21.0. The average Bonchev–Trinajstić information content (AvgIpc) is 2.90. The molecule has 38 heavy (non-hydrogen) atoms. The smallest absolute Gasteiger partial charge is 0.238 e. The third-order valence-electron chi connectivity index (χ3n) is 6.34. The van der Waals surface area contributed by atoms with Crippen molar-refractivity contribution in [1.29, 1.82) is 0 Å². The Kier molecular flexibility index (Phi) is 7.95. The number of aliphatic hydroxyl groups excluding tert-OH is 4. The number of ether oxygens (including phenoxy) is 3. The molecule has 1 saturated heterocycles. The van der Waals surface area contributed by atoms with Crippen LogP contribution in [0.15, 0.2) is 51.2 Å². The highest BCUT2D eigenvalue weighted by atomic mass is 16.7. The van der Waals surface area contributed by atoms with Gasteiger partial charge in [-0.25, -0.2) is 0 Å². The fourth-order valence-electron chi connectivity index (χ4n) is 4.20. The molecule has 1 fully saturated rings. The lowest BCUT2D eigenvalue weighted by molar-refractivity contribution is -0.277. The molecule has 204 valence electrons. The monoisotopic (exact) mass is 530 g/mol. The van der Waals surface area contributed by atoms with Crippen molar-refractivity contribution >= 4 is 11.0 Å². The third kappa shape index (κ3) is 5.06. The summed E-state index contributed by atoms with van der Waals surface area (Å²) in [6, 6.07) is 7.54. The van der Waals surface area contributed by atoms with Gasteiger partial charge in [-0.3, -0.25) is 4.79 Å². The zero-order valence-corrected chi connectivity index (χ0v) is 21.0. The van der Waals surface area contributed by atoms with E-state index in [2.05, 4.69) is 0 Å². The zero-order chi connectivity index (χ0) is 27.7. The topological polar surface area (TPSA) is 179 Å². The molecule has 0 spiro atoms. The summed E-state index contributed by atoms with van der Waals surface area (Å²) in [5.41, 5.74) is 0.627. The summed E-state index contributed by atoms with van der Waals surface area (Å²) in [7, 11) is 1.50. The van der Waals surface area contributed by atoms with Gasteiger partial charge in [-0.2, -0.15) is 0 Å². The Labute approximate surface area is 217 Å². The van der Waals surface area contributed by atoms with Crippen molar-refractivity contribution in [3.63, 3.8) is 0 Å². The molecule has 0 saturated carbocycles. The first-order chi connectivity index (χ1) is 18.1. The summed E-state index contributed by atoms with van der Waals surface area (Å²) in [6.45, 7) is 3.05. The maximum absolute atomic E-state index is 13.2. The molecule has 6 N–H and O–H groups in total. The van der Waals surface area contributed by atoms with Crippen molar-refractivity contribution in [2.45, 2.75) is 51.0 Å². The van der Waals surface area contributed by atoms with Crippen LogP contribution in [0.1, 0.15) is 19.4 Å². The Morgan fingerprint density at radius 2 is 1.74 bits per heavy atom. The van der Waals surface area contributed by atoms with Gasteiger partial charge in [0.15, 0.2) is 5.76 Å². The number of hydrogen-bond donors (Lipinski definition) is 6. The van der Waals surface area contributed by atoms with Crippen molar-refractivity contribution in [3.8, 4) is 34.3 Å². The van der Waals surface area contributed by atoms with Crippen LogP contribution in [0, 0.1) is 0 Å². The molecule has 1 aliphatic heterocycles. The number of rotatable bonds is 7. The number of phenols is 1. The SMILES string of the molecule is COc1ccc(-c2oc3c(CC=C(C)C)c(O[C@H]4O[C@@H](CO)[C@H](O)[C@@H](O)[C@@H]4O)cc(O)c3c(=O)c2O)cc1. The Hall–Kier alpha value is -3.61. The Morgan fingerprint density at radius 1 is 1.05 bits per heavy atom. The molecule has 4 rings (SSSR count). The van der Waals surface area contributed by atoms with E-state index in [-0.39, 0.29) is 34.5 Å². The molecule has 11 nitrogen and oxygen atoms in total. The number of fused-ring (bicyclic) bond motifs is 1. The second-order valence-electron chi connectivity index (χ2n) is 9.21. The van der Waals surface area contributed by atoms with Gasteiger partial charge >= 0.3 is 0 Å². The lowest BCUT2D eigenvalue weighted by Gasteiger charge is -2.39. The molecular formula is C27H30O11. The Morgan fingerprint density at radius 3 is 2.34 bits per heavy atom. The van der Waals surface area contributed by atoms with Crippen LogP contribution >= 0.6 is 0 Å². The minimum absolute atomic E-state index is 0.0497.